The Morgan fingerprint density at radius 3 is 2.50 bits per heavy atom. The van der Waals surface area contributed by atoms with Gasteiger partial charge in [0, 0.05) is 17.3 Å². The Morgan fingerprint density at radius 1 is 1.04 bits per heavy atom. The van der Waals surface area contributed by atoms with Gasteiger partial charge >= 0.3 is 0 Å². The van der Waals surface area contributed by atoms with Gasteiger partial charge in [-0.05, 0) is 61.0 Å². The Kier molecular flexibility index (Phi) is 3.97. The zero-order valence-corrected chi connectivity index (χ0v) is 14.1. The van der Waals surface area contributed by atoms with Crippen LogP contribution in [-0.2, 0) is 0 Å². The minimum Gasteiger partial charge on any atom is -0.306 e. The molecule has 4 aromatic rings. The smallest absolute Gasteiger partial charge is 0.256 e. The Hall–Kier alpha value is -3.47. The van der Waals surface area contributed by atoms with E-state index in [1.807, 2.05) is 47.9 Å². The summed E-state index contributed by atoms with van der Waals surface area (Å²) in [6.45, 7) is 1.98. The van der Waals surface area contributed by atoms with Gasteiger partial charge in [0.25, 0.3) is 5.91 Å². The topological polar surface area (TPSA) is 46.4 Å². The van der Waals surface area contributed by atoms with E-state index in [4.69, 9.17) is 0 Å². The number of hydrogen-bond acceptors (Lipinski definition) is 2. The third kappa shape index (κ3) is 2.95. The number of amides is 1. The number of pyridine rings is 1. The second-order valence-corrected chi connectivity index (χ2v) is 6.07. The van der Waals surface area contributed by atoms with Gasteiger partial charge in [-0.3, -0.25) is 9.20 Å². The highest BCUT2D eigenvalue weighted by Crippen LogP contribution is 2.29. The fourth-order valence-electron chi connectivity index (χ4n) is 2.84. The standard InChI is InChI=1S/C21H16FN3O/c1-14-11-12-25-18(13-14)23-19(15-7-9-17(22)10-8-15)20(25)24-21(26)16-5-3-2-4-6-16/h2-13H,1H3,(H,24,26). The number of aryl methyl sites for hydroxylation is 1. The molecule has 0 saturated heterocycles. The average Bonchev–Trinajstić information content (AvgIpc) is 3.00. The van der Waals surface area contributed by atoms with Crippen molar-refractivity contribution in [1.82, 2.24) is 9.38 Å². The summed E-state index contributed by atoms with van der Waals surface area (Å²) in [6.07, 6.45) is 1.87. The van der Waals surface area contributed by atoms with Crippen molar-refractivity contribution in [2.24, 2.45) is 0 Å². The predicted octanol–water partition coefficient (Wildman–Crippen LogP) is 4.70. The zero-order chi connectivity index (χ0) is 18.1. The van der Waals surface area contributed by atoms with E-state index in [1.165, 1.54) is 12.1 Å². The molecule has 1 amide bonds. The highest BCUT2D eigenvalue weighted by Gasteiger charge is 2.17. The number of aromatic nitrogens is 2. The number of benzene rings is 2. The first-order valence-electron chi connectivity index (χ1n) is 8.23. The minimum absolute atomic E-state index is 0.226. The van der Waals surface area contributed by atoms with Gasteiger partial charge in [-0.25, -0.2) is 9.37 Å². The van der Waals surface area contributed by atoms with Crippen molar-refractivity contribution in [3.05, 3.63) is 89.9 Å². The molecular weight excluding hydrogens is 329 g/mol. The maximum Gasteiger partial charge on any atom is 0.256 e. The number of halogens is 1. The third-order valence-electron chi connectivity index (χ3n) is 4.17. The summed E-state index contributed by atoms with van der Waals surface area (Å²) in [7, 11) is 0. The summed E-state index contributed by atoms with van der Waals surface area (Å²) in [5.74, 6) is 0.0139. The van der Waals surface area contributed by atoms with Gasteiger partial charge < -0.3 is 5.32 Å². The first kappa shape index (κ1) is 16.0. The van der Waals surface area contributed by atoms with Gasteiger partial charge in [-0.15, -0.1) is 0 Å². The number of anilines is 1. The molecule has 0 atom stereocenters. The van der Waals surface area contributed by atoms with Crippen LogP contribution in [0, 0.1) is 12.7 Å². The molecule has 2 heterocycles. The number of carbonyl (C=O) groups is 1. The van der Waals surface area contributed by atoms with Gasteiger partial charge in [-0.2, -0.15) is 0 Å². The molecule has 0 unspecified atom stereocenters. The van der Waals surface area contributed by atoms with Crippen LogP contribution in [-0.4, -0.2) is 15.3 Å². The normalized spacial score (nSPS) is 10.8. The first-order chi connectivity index (χ1) is 12.6. The van der Waals surface area contributed by atoms with Gasteiger partial charge in [0.05, 0.1) is 0 Å². The summed E-state index contributed by atoms with van der Waals surface area (Å²) < 4.78 is 15.1. The van der Waals surface area contributed by atoms with Gasteiger partial charge in [0.2, 0.25) is 0 Å². The van der Waals surface area contributed by atoms with E-state index in [1.54, 1.807) is 24.3 Å². The molecule has 4 nitrogen and oxygen atoms in total. The zero-order valence-electron chi connectivity index (χ0n) is 14.1. The van der Waals surface area contributed by atoms with Crippen LogP contribution < -0.4 is 5.32 Å². The highest BCUT2D eigenvalue weighted by atomic mass is 19.1. The van der Waals surface area contributed by atoms with Crippen molar-refractivity contribution in [1.29, 1.82) is 0 Å². The lowest BCUT2D eigenvalue weighted by Gasteiger charge is -2.08. The first-order valence-corrected chi connectivity index (χ1v) is 8.23. The molecule has 0 fully saturated rings. The lowest BCUT2D eigenvalue weighted by Crippen LogP contribution is -2.13. The SMILES string of the molecule is Cc1ccn2c(NC(=O)c3ccccc3)c(-c3ccc(F)cc3)nc2c1. The van der Waals surface area contributed by atoms with Crippen LogP contribution in [0.15, 0.2) is 72.9 Å². The van der Waals surface area contributed by atoms with E-state index in [-0.39, 0.29) is 11.7 Å². The van der Waals surface area contributed by atoms with Crippen molar-refractivity contribution < 1.29 is 9.18 Å². The van der Waals surface area contributed by atoms with Crippen LogP contribution in [0.3, 0.4) is 0 Å². The Labute approximate surface area is 149 Å². The second-order valence-electron chi connectivity index (χ2n) is 6.07. The molecule has 2 aromatic heterocycles. The third-order valence-corrected chi connectivity index (χ3v) is 4.17. The molecule has 0 radical (unpaired) electrons. The maximum atomic E-state index is 13.3. The Bertz CT molecular complexity index is 1090. The van der Waals surface area contributed by atoms with Crippen molar-refractivity contribution in [2.75, 3.05) is 5.32 Å². The lowest BCUT2D eigenvalue weighted by molar-refractivity contribution is 0.102. The number of nitrogens with one attached hydrogen (secondary N) is 1. The number of hydrogen-bond donors (Lipinski definition) is 1. The Morgan fingerprint density at radius 2 is 1.77 bits per heavy atom. The summed E-state index contributed by atoms with van der Waals surface area (Å²) in [4.78, 5) is 17.3. The minimum atomic E-state index is -0.316. The fraction of sp³-hybridized carbons (Fsp3) is 0.0476. The number of imidazole rings is 1. The highest BCUT2D eigenvalue weighted by molar-refractivity contribution is 6.05. The van der Waals surface area contributed by atoms with E-state index < -0.39 is 0 Å². The van der Waals surface area contributed by atoms with Crippen LogP contribution in [0.4, 0.5) is 10.2 Å². The lowest BCUT2D eigenvalue weighted by atomic mass is 10.1. The van der Waals surface area contributed by atoms with Gasteiger partial charge in [-0.1, -0.05) is 18.2 Å². The summed E-state index contributed by atoms with van der Waals surface area (Å²) >= 11 is 0. The molecule has 4 rings (SSSR count). The second kappa shape index (κ2) is 6.44. The molecule has 128 valence electrons. The van der Waals surface area contributed by atoms with E-state index in [9.17, 15) is 9.18 Å². The molecule has 0 bridgehead atoms. The molecule has 5 heteroatoms. The van der Waals surface area contributed by atoms with E-state index in [0.717, 1.165) is 11.1 Å². The fourth-order valence-corrected chi connectivity index (χ4v) is 2.84. The monoisotopic (exact) mass is 345 g/mol. The number of rotatable bonds is 3. The maximum absolute atomic E-state index is 13.3. The van der Waals surface area contributed by atoms with Crippen molar-refractivity contribution in [2.45, 2.75) is 6.92 Å². The predicted molar refractivity (Wildman–Crippen MR) is 99.7 cm³/mol. The average molecular weight is 345 g/mol. The summed E-state index contributed by atoms with van der Waals surface area (Å²) in [5, 5.41) is 2.95. The van der Waals surface area contributed by atoms with Crippen LogP contribution in [0.1, 0.15) is 15.9 Å². The van der Waals surface area contributed by atoms with Gasteiger partial charge in [0.1, 0.15) is 23.0 Å². The molecule has 2 aromatic carbocycles. The van der Waals surface area contributed by atoms with E-state index in [2.05, 4.69) is 10.3 Å². The van der Waals surface area contributed by atoms with Crippen molar-refractivity contribution in [3.63, 3.8) is 0 Å². The van der Waals surface area contributed by atoms with Crippen LogP contribution in [0.5, 0.6) is 0 Å². The molecule has 0 aliphatic rings. The summed E-state index contributed by atoms with van der Waals surface area (Å²) in [5.41, 5.74) is 3.66. The quantitative estimate of drug-likeness (QED) is 0.585. The van der Waals surface area contributed by atoms with Crippen LogP contribution >= 0.6 is 0 Å². The number of fused-ring (bicyclic) bond motifs is 1. The van der Waals surface area contributed by atoms with E-state index in [0.29, 0.717) is 22.7 Å². The van der Waals surface area contributed by atoms with Crippen LogP contribution in [0.2, 0.25) is 0 Å². The summed E-state index contributed by atoms with van der Waals surface area (Å²) in [6, 6.07) is 18.9. The molecule has 1 N–H and O–H groups in total. The van der Waals surface area contributed by atoms with Gasteiger partial charge in [0.15, 0.2) is 0 Å². The molecule has 0 saturated carbocycles. The molecule has 0 aliphatic heterocycles. The van der Waals surface area contributed by atoms with Crippen molar-refractivity contribution >= 4 is 17.4 Å². The molecule has 0 aliphatic carbocycles. The van der Waals surface area contributed by atoms with Crippen LogP contribution in [0.25, 0.3) is 16.9 Å². The molecule has 0 spiro atoms. The number of nitrogens with zero attached hydrogens (tertiary/aromatic N) is 2. The Balaban J connectivity index is 1.84. The van der Waals surface area contributed by atoms with Crippen molar-refractivity contribution in [3.8, 4) is 11.3 Å². The molecular formula is C21H16FN3O. The largest absolute Gasteiger partial charge is 0.306 e. The van der Waals surface area contributed by atoms with E-state index >= 15 is 0 Å². The number of carbonyl (C=O) groups excluding carboxylic acids is 1. The molecule has 26 heavy (non-hydrogen) atoms.